The molecule has 0 amide bonds. The van der Waals surface area contributed by atoms with Gasteiger partial charge in [0.25, 0.3) is 0 Å². The Bertz CT molecular complexity index is 479. The molecule has 0 aromatic rings. The van der Waals surface area contributed by atoms with E-state index in [1.54, 1.807) is 13.0 Å². The van der Waals surface area contributed by atoms with Gasteiger partial charge in [-0.3, -0.25) is 4.79 Å². The van der Waals surface area contributed by atoms with Gasteiger partial charge in [0.05, 0.1) is 11.7 Å². The Morgan fingerprint density at radius 3 is 2.27 bits per heavy atom. The maximum atomic E-state index is 11.4. The van der Waals surface area contributed by atoms with Gasteiger partial charge in [-0.1, -0.05) is 33.3 Å². The normalized spacial score (nSPS) is 48.2. The van der Waals surface area contributed by atoms with E-state index in [2.05, 4.69) is 20.8 Å². The molecule has 6 atom stereocenters. The third-order valence-corrected chi connectivity index (χ3v) is 6.22. The lowest BCUT2D eigenvalue weighted by Gasteiger charge is -2.63. The standard InChI is InChI=1S/C18H30O4/c1-11(19)7-8-12-17(4)10-6-9-16(2,3)14(17)13(20)15(21)18(12,5)22/h7-8,12-15,20-22H,6,9-10H2,1-5H3/b8-7+. The maximum absolute atomic E-state index is 11.4. The van der Waals surface area contributed by atoms with Crippen LogP contribution in [-0.2, 0) is 4.79 Å². The lowest BCUT2D eigenvalue weighted by atomic mass is 9.44. The van der Waals surface area contributed by atoms with Gasteiger partial charge < -0.3 is 15.3 Å². The van der Waals surface area contributed by atoms with Crippen LogP contribution in [0.2, 0.25) is 0 Å². The molecule has 0 aromatic heterocycles. The average molecular weight is 310 g/mol. The van der Waals surface area contributed by atoms with E-state index in [9.17, 15) is 20.1 Å². The number of hydrogen-bond acceptors (Lipinski definition) is 4. The molecule has 0 aromatic carbocycles. The molecule has 0 saturated heterocycles. The summed E-state index contributed by atoms with van der Waals surface area (Å²) in [5, 5.41) is 32.1. The van der Waals surface area contributed by atoms with Crippen LogP contribution >= 0.6 is 0 Å². The first-order chi connectivity index (χ1) is 9.94. The quantitative estimate of drug-likeness (QED) is 0.682. The Morgan fingerprint density at radius 2 is 1.73 bits per heavy atom. The van der Waals surface area contributed by atoms with Crippen molar-refractivity contribution in [2.24, 2.45) is 22.7 Å². The molecule has 0 bridgehead atoms. The Labute approximate surface area is 133 Å². The van der Waals surface area contributed by atoms with E-state index in [-0.39, 0.29) is 28.4 Å². The molecule has 2 aliphatic rings. The van der Waals surface area contributed by atoms with Crippen molar-refractivity contribution in [1.29, 1.82) is 0 Å². The summed E-state index contributed by atoms with van der Waals surface area (Å²) in [6, 6.07) is 0. The van der Waals surface area contributed by atoms with Crippen molar-refractivity contribution < 1.29 is 20.1 Å². The van der Waals surface area contributed by atoms with Gasteiger partial charge >= 0.3 is 0 Å². The number of rotatable bonds is 2. The zero-order valence-electron chi connectivity index (χ0n) is 14.3. The minimum Gasteiger partial charge on any atom is -0.390 e. The zero-order valence-corrected chi connectivity index (χ0v) is 14.3. The van der Waals surface area contributed by atoms with Gasteiger partial charge in [-0.05, 0) is 49.5 Å². The fourth-order valence-corrected chi connectivity index (χ4v) is 5.36. The largest absolute Gasteiger partial charge is 0.390 e. The molecule has 2 fully saturated rings. The summed E-state index contributed by atoms with van der Waals surface area (Å²) in [4.78, 5) is 11.4. The van der Waals surface area contributed by atoms with Gasteiger partial charge in [-0.25, -0.2) is 0 Å². The van der Waals surface area contributed by atoms with Gasteiger partial charge in [0.1, 0.15) is 6.10 Å². The van der Waals surface area contributed by atoms with Crippen LogP contribution < -0.4 is 0 Å². The topological polar surface area (TPSA) is 77.8 Å². The Morgan fingerprint density at radius 1 is 1.14 bits per heavy atom. The first-order valence-electron chi connectivity index (χ1n) is 8.22. The van der Waals surface area contributed by atoms with Crippen LogP contribution in [0.5, 0.6) is 0 Å². The molecule has 126 valence electrons. The number of aliphatic hydroxyl groups is 3. The summed E-state index contributed by atoms with van der Waals surface area (Å²) < 4.78 is 0. The summed E-state index contributed by atoms with van der Waals surface area (Å²) in [6.45, 7) is 9.37. The molecule has 0 aliphatic heterocycles. The first kappa shape index (κ1) is 17.6. The van der Waals surface area contributed by atoms with E-state index in [0.29, 0.717) is 0 Å². The molecule has 2 rings (SSSR count). The molecule has 6 unspecified atom stereocenters. The number of allylic oxidation sites excluding steroid dienone is 1. The second kappa shape index (κ2) is 5.43. The van der Waals surface area contributed by atoms with E-state index in [0.717, 1.165) is 19.3 Å². The van der Waals surface area contributed by atoms with Gasteiger partial charge in [-0.2, -0.15) is 0 Å². The Hall–Kier alpha value is -0.710. The molecule has 0 radical (unpaired) electrons. The van der Waals surface area contributed by atoms with E-state index in [1.165, 1.54) is 13.0 Å². The first-order valence-corrected chi connectivity index (χ1v) is 8.22. The molecule has 0 heterocycles. The average Bonchev–Trinajstić information content (AvgIpc) is 2.34. The number of aliphatic hydroxyl groups excluding tert-OH is 2. The third-order valence-electron chi connectivity index (χ3n) is 6.22. The SMILES string of the molecule is CC(=O)/C=C/C1C(C)(O)C(O)C(O)C2C(C)(C)CCCC21C. The number of carbonyl (C=O) groups is 1. The van der Waals surface area contributed by atoms with E-state index < -0.39 is 17.8 Å². The van der Waals surface area contributed by atoms with Crippen molar-refractivity contribution in [2.45, 2.75) is 71.7 Å². The zero-order chi connectivity index (χ0) is 16.9. The highest BCUT2D eigenvalue weighted by molar-refractivity contribution is 5.87. The van der Waals surface area contributed by atoms with E-state index in [1.807, 2.05) is 0 Å². The van der Waals surface area contributed by atoms with Gasteiger partial charge in [-0.15, -0.1) is 0 Å². The summed E-state index contributed by atoms with van der Waals surface area (Å²) >= 11 is 0. The Kier molecular flexibility index (Phi) is 4.35. The molecular weight excluding hydrogens is 280 g/mol. The second-order valence-corrected chi connectivity index (χ2v) is 8.43. The molecular formula is C18H30O4. The van der Waals surface area contributed by atoms with Crippen molar-refractivity contribution in [1.82, 2.24) is 0 Å². The fraction of sp³-hybridized carbons (Fsp3) is 0.833. The number of hydrogen-bond donors (Lipinski definition) is 3. The molecule has 4 heteroatoms. The van der Waals surface area contributed by atoms with Crippen LogP contribution in [0, 0.1) is 22.7 Å². The minimum atomic E-state index is -1.45. The predicted molar refractivity (Wildman–Crippen MR) is 85.2 cm³/mol. The summed E-state index contributed by atoms with van der Waals surface area (Å²) in [7, 11) is 0. The van der Waals surface area contributed by atoms with Crippen LogP contribution in [0.1, 0.15) is 53.9 Å². The lowest BCUT2D eigenvalue weighted by molar-refractivity contribution is -0.255. The van der Waals surface area contributed by atoms with E-state index >= 15 is 0 Å². The highest BCUT2D eigenvalue weighted by Crippen LogP contribution is 2.62. The highest BCUT2D eigenvalue weighted by atomic mass is 16.4. The molecule has 2 aliphatic carbocycles. The number of fused-ring (bicyclic) bond motifs is 1. The molecule has 2 saturated carbocycles. The van der Waals surface area contributed by atoms with Crippen LogP contribution in [-0.4, -0.2) is 38.9 Å². The molecule has 3 N–H and O–H groups in total. The van der Waals surface area contributed by atoms with Crippen molar-refractivity contribution in [3.8, 4) is 0 Å². The van der Waals surface area contributed by atoms with Crippen LogP contribution in [0.3, 0.4) is 0 Å². The van der Waals surface area contributed by atoms with Gasteiger partial charge in [0.15, 0.2) is 5.78 Å². The van der Waals surface area contributed by atoms with Gasteiger partial charge in [0.2, 0.25) is 0 Å². The monoisotopic (exact) mass is 310 g/mol. The summed E-state index contributed by atoms with van der Waals surface area (Å²) in [5.74, 6) is -0.566. The van der Waals surface area contributed by atoms with E-state index in [4.69, 9.17) is 0 Å². The summed E-state index contributed by atoms with van der Waals surface area (Å²) in [6.07, 6.45) is 3.92. The van der Waals surface area contributed by atoms with Crippen molar-refractivity contribution in [3.05, 3.63) is 12.2 Å². The fourth-order valence-electron chi connectivity index (χ4n) is 5.36. The Balaban J connectivity index is 2.55. The maximum Gasteiger partial charge on any atom is 0.152 e. The van der Waals surface area contributed by atoms with Crippen molar-refractivity contribution in [2.75, 3.05) is 0 Å². The molecule has 22 heavy (non-hydrogen) atoms. The van der Waals surface area contributed by atoms with Crippen LogP contribution in [0.4, 0.5) is 0 Å². The number of carbonyl (C=O) groups excluding carboxylic acids is 1. The predicted octanol–water partition coefficient (Wildman–Crippen LogP) is 2.07. The van der Waals surface area contributed by atoms with Crippen LogP contribution in [0.15, 0.2) is 12.2 Å². The highest BCUT2D eigenvalue weighted by Gasteiger charge is 2.64. The smallest absolute Gasteiger partial charge is 0.152 e. The minimum absolute atomic E-state index is 0.0772. The van der Waals surface area contributed by atoms with Crippen molar-refractivity contribution in [3.63, 3.8) is 0 Å². The van der Waals surface area contributed by atoms with Gasteiger partial charge in [0, 0.05) is 5.92 Å². The molecule has 0 spiro atoms. The summed E-state index contributed by atoms with van der Waals surface area (Å²) in [5.41, 5.74) is -1.92. The lowest BCUT2D eigenvalue weighted by Crippen LogP contribution is -2.69. The molecule has 4 nitrogen and oxygen atoms in total. The second-order valence-electron chi connectivity index (χ2n) is 8.43. The third kappa shape index (κ3) is 2.55. The number of ketones is 1. The van der Waals surface area contributed by atoms with Crippen molar-refractivity contribution >= 4 is 5.78 Å². The van der Waals surface area contributed by atoms with Crippen LogP contribution in [0.25, 0.3) is 0 Å².